The summed E-state index contributed by atoms with van der Waals surface area (Å²) in [5, 5.41) is 18.2. The lowest BCUT2D eigenvalue weighted by atomic mass is 9.94. The lowest BCUT2D eigenvalue weighted by Crippen LogP contribution is -2.31. The van der Waals surface area contributed by atoms with E-state index in [4.69, 9.17) is 9.47 Å². The molecule has 1 aliphatic heterocycles. The van der Waals surface area contributed by atoms with Crippen molar-refractivity contribution in [3.8, 4) is 11.5 Å². The normalized spacial score (nSPS) is 15.1. The van der Waals surface area contributed by atoms with Crippen LogP contribution in [-0.2, 0) is 4.79 Å². The number of nitrogens with zero attached hydrogens (tertiary/aromatic N) is 4. The Morgan fingerprint density at radius 3 is 2.69 bits per heavy atom. The number of carbonyl (C=O) groups excluding carboxylic acids is 1. The van der Waals surface area contributed by atoms with E-state index in [0.717, 1.165) is 22.4 Å². The number of tetrazole rings is 1. The highest BCUT2D eigenvalue weighted by molar-refractivity contribution is 6.06. The van der Waals surface area contributed by atoms with Crippen molar-refractivity contribution in [2.75, 3.05) is 24.4 Å². The molecule has 2 N–H and O–H groups in total. The molecule has 0 fully saturated rings. The SMILES string of the molecule is CCOc1cc(C2C(C(=O)Nc3ccc(C)cc3C)=C(C)Nc3nnnn32)ccc1OC. The summed E-state index contributed by atoms with van der Waals surface area (Å²) in [6.45, 7) is 8.22. The fraction of sp³-hybridized carbons (Fsp3) is 0.304. The Bertz CT molecular complexity index is 1200. The van der Waals surface area contributed by atoms with Gasteiger partial charge in [-0.15, -0.1) is 0 Å². The molecule has 0 saturated heterocycles. The molecule has 0 aliphatic carbocycles. The average molecular weight is 435 g/mol. The maximum absolute atomic E-state index is 13.5. The summed E-state index contributed by atoms with van der Waals surface area (Å²) in [6, 6.07) is 10.9. The summed E-state index contributed by atoms with van der Waals surface area (Å²) in [5.74, 6) is 1.43. The van der Waals surface area contributed by atoms with Gasteiger partial charge >= 0.3 is 0 Å². The van der Waals surface area contributed by atoms with E-state index in [9.17, 15) is 4.79 Å². The van der Waals surface area contributed by atoms with E-state index in [1.807, 2.05) is 64.1 Å². The molecule has 32 heavy (non-hydrogen) atoms. The molecule has 9 nitrogen and oxygen atoms in total. The summed E-state index contributed by atoms with van der Waals surface area (Å²) in [5.41, 5.74) is 4.86. The molecule has 0 bridgehead atoms. The third-order valence-corrected chi connectivity index (χ3v) is 5.39. The van der Waals surface area contributed by atoms with Crippen LogP contribution in [0, 0.1) is 13.8 Å². The first-order valence-corrected chi connectivity index (χ1v) is 10.4. The maximum atomic E-state index is 13.5. The van der Waals surface area contributed by atoms with E-state index in [0.29, 0.717) is 35.3 Å². The van der Waals surface area contributed by atoms with Crippen molar-refractivity contribution in [2.24, 2.45) is 0 Å². The van der Waals surface area contributed by atoms with E-state index in [-0.39, 0.29) is 5.91 Å². The molecule has 0 saturated carbocycles. The van der Waals surface area contributed by atoms with Gasteiger partial charge in [-0.25, -0.2) is 0 Å². The molecule has 1 amide bonds. The third kappa shape index (κ3) is 3.89. The van der Waals surface area contributed by atoms with Crippen LogP contribution in [-0.4, -0.2) is 39.8 Å². The number of aryl methyl sites for hydroxylation is 2. The van der Waals surface area contributed by atoms with Crippen molar-refractivity contribution in [1.29, 1.82) is 0 Å². The molecular formula is C23H26N6O3. The number of fused-ring (bicyclic) bond motifs is 1. The zero-order valence-corrected chi connectivity index (χ0v) is 18.8. The second-order valence-corrected chi connectivity index (χ2v) is 7.63. The number of anilines is 2. The quantitative estimate of drug-likeness (QED) is 0.611. The molecule has 2 aromatic carbocycles. The van der Waals surface area contributed by atoms with Crippen molar-refractivity contribution in [2.45, 2.75) is 33.7 Å². The number of amides is 1. The second kappa shape index (κ2) is 8.70. The number of methoxy groups -OCH3 is 1. The van der Waals surface area contributed by atoms with Crippen LogP contribution in [0.3, 0.4) is 0 Å². The molecule has 166 valence electrons. The number of benzene rings is 2. The molecule has 3 aromatic rings. The number of allylic oxidation sites excluding steroid dienone is 1. The van der Waals surface area contributed by atoms with Gasteiger partial charge in [0, 0.05) is 11.4 Å². The monoisotopic (exact) mass is 434 g/mol. The lowest BCUT2D eigenvalue weighted by Gasteiger charge is -2.28. The standard InChI is InChI=1S/C23H26N6O3/c1-6-32-19-12-16(8-10-18(19)31-5)21-20(15(4)24-23-26-27-28-29(21)23)22(30)25-17-9-7-13(2)11-14(17)3/h7-12,21H,6H2,1-5H3,(H,25,30)(H,24,26,28). The van der Waals surface area contributed by atoms with Crippen LogP contribution in [0.1, 0.15) is 36.6 Å². The van der Waals surface area contributed by atoms with Gasteiger partial charge in [0.2, 0.25) is 5.95 Å². The summed E-state index contributed by atoms with van der Waals surface area (Å²) < 4.78 is 12.8. The van der Waals surface area contributed by atoms with Gasteiger partial charge in [-0.05, 0) is 67.4 Å². The van der Waals surface area contributed by atoms with Crippen molar-refractivity contribution >= 4 is 17.5 Å². The Morgan fingerprint density at radius 1 is 1.16 bits per heavy atom. The fourth-order valence-corrected chi connectivity index (χ4v) is 3.89. The summed E-state index contributed by atoms with van der Waals surface area (Å²) in [4.78, 5) is 13.5. The summed E-state index contributed by atoms with van der Waals surface area (Å²) in [7, 11) is 1.59. The van der Waals surface area contributed by atoms with Gasteiger partial charge in [0.25, 0.3) is 5.91 Å². The van der Waals surface area contributed by atoms with Crippen LogP contribution in [0.15, 0.2) is 47.7 Å². The molecule has 0 radical (unpaired) electrons. The number of rotatable bonds is 6. The Labute approximate surface area is 186 Å². The van der Waals surface area contributed by atoms with Gasteiger partial charge in [0.05, 0.1) is 19.3 Å². The van der Waals surface area contributed by atoms with Crippen LogP contribution in [0.4, 0.5) is 11.6 Å². The highest BCUT2D eigenvalue weighted by Crippen LogP contribution is 2.38. The first-order valence-electron chi connectivity index (χ1n) is 10.4. The average Bonchev–Trinajstić information content (AvgIpc) is 3.23. The Kier molecular flexibility index (Phi) is 5.81. The van der Waals surface area contributed by atoms with E-state index in [1.165, 1.54) is 0 Å². The van der Waals surface area contributed by atoms with Gasteiger partial charge in [0.15, 0.2) is 11.5 Å². The lowest BCUT2D eigenvalue weighted by molar-refractivity contribution is -0.113. The smallest absolute Gasteiger partial charge is 0.255 e. The molecule has 1 atom stereocenters. The van der Waals surface area contributed by atoms with Crippen LogP contribution in [0.5, 0.6) is 11.5 Å². The summed E-state index contributed by atoms with van der Waals surface area (Å²) >= 11 is 0. The number of ether oxygens (including phenoxy) is 2. The number of nitrogens with one attached hydrogen (secondary N) is 2. The molecule has 1 aromatic heterocycles. The predicted octanol–water partition coefficient (Wildman–Crippen LogP) is 3.62. The first-order chi connectivity index (χ1) is 15.4. The zero-order chi connectivity index (χ0) is 22.8. The zero-order valence-electron chi connectivity index (χ0n) is 18.8. The molecular weight excluding hydrogens is 408 g/mol. The molecule has 1 aliphatic rings. The molecule has 9 heteroatoms. The second-order valence-electron chi connectivity index (χ2n) is 7.63. The minimum atomic E-state index is -0.544. The predicted molar refractivity (Wildman–Crippen MR) is 121 cm³/mol. The maximum Gasteiger partial charge on any atom is 0.255 e. The number of carbonyl (C=O) groups is 1. The van der Waals surface area contributed by atoms with Gasteiger partial charge in [0.1, 0.15) is 6.04 Å². The molecule has 2 heterocycles. The van der Waals surface area contributed by atoms with Gasteiger partial charge in [-0.1, -0.05) is 28.9 Å². The fourth-order valence-electron chi connectivity index (χ4n) is 3.89. The van der Waals surface area contributed by atoms with E-state index < -0.39 is 6.04 Å². The topological polar surface area (TPSA) is 103 Å². The van der Waals surface area contributed by atoms with Gasteiger partial charge in [-0.2, -0.15) is 4.68 Å². The molecule has 0 spiro atoms. The van der Waals surface area contributed by atoms with Crippen LogP contribution < -0.4 is 20.1 Å². The Hall–Kier alpha value is -3.88. The van der Waals surface area contributed by atoms with E-state index in [1.54, 1.807) is 11.8 Å². The number of aromatic nitrogens is 4. The van der Waals surface area contributed by atoms with Gasteiger partial charge < -0.3 is 20.1 Å². The molecule has 4 rings (SSSR count). The number of hydrogen-bond acceptors (Lipinski definition) is 7. The largest absolute Gasteiger partial charge is 0.493 e. The van der Waals surface area contributed by atoms with Crippen LogP contribution >= 0.6 is 0 Å². The summed E-state index contributed by atoms with van der Waals surface area (Å²) in [6.07, 6.45) is 0. The highest BCUT2D eigenvalue weighted by atomic mass is 16.5. The minimum Gasteiger partial charge on any atom is -0.493 e. The highest BCUT2D eigenvalue weighted by Gasteiger charge is 2.34. The van der Waals surface area contributed by atoms with Crippen molar-refractivity contribution in [3.05, 3.63) is 64.4 Å². The minimum absolute atomic E-state index is 0.234. The molecule has 1 unspecified atom stereocenters. The van der Waals surface area contributed by atoms with E-state index >= 15 is 0 Å². The third-order valence-electron chi connectivity index (χ3n) is 5.39. The first kappa shape index (κ1) is 21.4. The van der Waals surface area contributed by atoms with Gasteiger partial charge in [-0.3, -0.25) is 4.79 Å². The van der Waals surface area contributed by atoms with Crippen molar-refractivity contribution < 1.29 is 14.3 Å². The van der Waals surface area contributed by atoms with E-state index in [2.05, 4.69) is 26.2 Å². The Balaban J connectivity index is 1.78. The van der Waals surface area contributed by atoms with Crippen molar-refractivity contribution in [3.63, 3.8) is 0 Å². The number of hydrogen-bond donors (Lipinski definition) is 2. The van der Waals surface area contributed by atoms with Crippen LogP contribution in [0.2, 0.25) is 0 Å². The van der Waals surface area contributed by atoms with Crippen molar-refractivity contribution in [1.82, 2.24) is 20.2 Å². The van der Waals surface area contributed by atoms with Crippen LogP contribution in [0.25, 0.3) is 0 Å². The Morgan fingerprint density at radius 2 is 1.97 bits per heavy atom.